The van der Waals surface area contributed by atoms with E-state index in [0.29, 0.717) is 37.8 Å². The fraction of sp³-hybridized carbons (Fsp3) is 0.300. The molecule has 4 rings (SSSR count). The van der Waals surface area contributed by atoms with Crippen LogP contribution in [0.5, 0.6) is 0 Å². The number of carbonyl (C=O) groups is 1. The standard InChI is InChI=1S/C20H22BrN5O3/c1-2-28-10-17(16-5-6-18(21)26-25-16)24-20(27)11-3-4-15-12(7-11)13-8-29-9-14(13)19(22)23-15/h3-7,17,25-26H,2,8-10H2,1H3,(H2,22,23)(H,24,27). The smallest absolute Gasteiger partial charge is 0.251 e. The summed E-state index contributed by atoms with van der Waals surface area (Å²) in [6.07, 6.45) is 3.76. The van der Waals surface area contributed by atoms with E-state index >= 15 is 0 Å². The van der Waals surface area contributed by atoms with Gasteiger partial charge in [0.15, 0.2) is 0 Å². The van der Waals surface area contributed by atoms with Crippen molar-refractivity contribution in [3.63, 3.8) is 0 Å². The number of rotatable bonds is 6. The Balaban J connectivity index is 1.61. The summed E-state index contributed by atoms with van der Waals surface area (Å²) in [7, 11) is 0. The number of aromatic nitrogens is 1. The summed E-state index contributed by atoms with van der Waals surface area (Å²) in [6, 6.07) is 5.08. The zero-order valence-electron chi connectivity index (χ0n) is 15.9. The number of hydrazine groups is 1. The number of hydrogen-bond donors (Lipinski definition) is 4. The molecule has 0 radical (unpaired) electrons. The van der Waals surface area contributed by atoms with E-state index < -0.39 is 0 Å². The molecule has 0 aliphatic carbocycles. The highest BCUT2D eigenvalue weighted by molar-refractivity contribution is 9.11. The van der Waals surface area contributed by atoms with Crippen molar-refractivity contribution in [1.82, 2.24) is 21.2 Å². The van der Waals surface area contributed by atoms with Crippen LogP contribution >= 0.6 is 15.9 Å². The molecule has 1 aromatic carbocycles. The summed E-state index contributed by atoms with van der Waals surface area (Å²) < 4.78 is 11.9. The molecule has 1 aromatic heterocycles. The molecular weight excluding hydrogens is 438 g/mol. The highest BCUT2D eigenvalue weighted by atomic mass is 79.9. The number of anilines is 1. The quantitative estimate of drug-likeness (QED) is 0.490. The minimum absolute atomic E-state index is 0.197. The minimum Gasteiger partial charge on any atom is -0.383 e. The summed E-state index contributed by atoms with van der Waals surface area (Å²) in [5.41, 5.74) is 16.1. The third-order valence-corrected chi connectivity index (χ3v) is 5.36. The van der Waals surface area contributed by atoms with Gasteiger partial charge in [-0.1, -0.05) is 0 Å². The molecule has 0 saturated heterocycles. The summed E-state index contributed by atoms with van der Waals surface area (Å²) in [4.78, 5) is 17.4. The van der Waals surface area contributed by atoms with Crippen molar-refractivity contribution in [2.75, 3.05) is 18.9 Å². The van der Waals surface area contributed by atoms with E-state index in [-0.39, 0.29) is 11.9 Å². The number of halogens is 1. The van der Waals surface area contributed by atoms with Crippen LogP contribution < -0.4 is 21.9 Å². The average molecular weight is 460 g/mol. The van der Waals surface area contributed by atoms with Crippen LogP contribution in [-0.2, 0) is 22.7 Å². The number of nitrogens with two attached hydrogens (primary N) is 1. The number of nitrogens with one attached hydrogen (secondary N) is 3. The second kappa shape index (κ2) is 8.40. The second-order valence-electron chi connectivity index (χ2n) is 6.75. The SMILES string of the molecule is CCOCC(NC(=O)c1ccc2nc(N)c3c(c2c1)COC3)C1=CC=C(Br)NN1. The van der Waals surface area contributed by atoms with Crippen LogP contribution in [0.1, 0.15) is 28.4 Å². The molecule has 9 heteroatoms. The Morgan fingerprint density at radius 3 is 2.93 bits per heavy atom. The molecule has 8 nitrogen and oxygen atoms in total. The maximum absolute atomic E-state index is 13.0. The van der Waals surface area contributed by atoms with E-state index in [1.54, 1.807) is 6.07 Å². The summed E-state index contributed by atoms with van der Waals surface area (Å²) in [5.74, 6) is 0.290. The Hall–Kier alpha value is -2.62. The van der Waals surface area contributed by atoms with Gasteiger partial charge in [-0.3, -0.25) is 10.2 Å². The fourth-order valence-corrected chi connectivity index (χ4v) is 3.61. The number of benzene rings is 1. The predicted molar refractivity (Wildman–Crippen MR) is 114 cm³/mol. The zero-order chi connectivity index (χ0) is 20.4. The predicted octanol–water partition coefficient (Wildman–Crippen LogP) is 2.21. The molecule has 2 aromatic rings. The second-order valence-corrected chi connectivity index (χ2v) is 7.61. The van der Waals surface area contributed by atoms with Crippen molar-refractivity contribution < 1.29 is 14.3 Å². The van der Waals surface area contributed by atoms with Crippen molar-refractivity contribution in [2.24, 2.45) is 0 Å². The van der Waals surface area contributed by atoms with Crippen LogP contribution in [0.2, 0.25) is 0 Å². The van der Waals surface area contributed by atoms with Gasteiger partial charge in [-0.2, -0.15) is 0 Å². The third-order valence-electron chi connectivity index (χ3n) is 4.90. The molecule has 1 amide bonds. The Kier molecular flexibility index (Phi) is 5.70. The van der Waals surface area contributed by atoms with Gasteiger partial charge in [0, 0.05) is 23.1 Å². The molecule has 3 heterocycles. The average Bonchev–Trinajstić information content (AvgIpc) is 3.22. The normalized spacial score (nSPS) is 16.3. The highest BCUT2D eigenvalue weighted by Crippen LogP contribution is 2.31. The molecule has 152 valence electrons. The number of ether oxygens (including phenoxy) is 2. The van der Waals surface area contributed by atoms with Gasteiger partial charge in [-0.05, 0) is 58.8 Å². The monoisotopic (exact) mass is 459 g/mol. The highest BCUT2D eigenvalue weighted by Gasteiger charge is 2.22. The molecule has 0 fully saturated rings. The molecule has 2 aliphatic rings. The lowest BCUT2D eigenvalue weighted by Crippen LogP contribution is -2.47. The number of pyridine rings is 1. The van der Waals surface area contributed by atoms with Crippen molar-refractivity contribution in [1.29, 1.82) is 0 Å². The van der Waals surface area contributed by atoms with E-state index in [0.717, 1.165) is 32.3 Å². The van der Waals surface area contributed by atoms with Gasteiger partial charge in [0.1, 0.15) is 5.82 Å². The minimum atomic E-state index is -0.332. The van der Waals surface area contributed by atoms with E-state index in [2.05, 4.69) is 37.1 Å². The first-order chi connectivity index (χ1) is 14.1. The molecule has 5 N–H and O–H groups in total. The molecule has 2 aliphatic heterocycles. The van der Waals surface area contributed by atoms with Gasteiger partial charge >= 0.3 is 0 Å². The lowest BCUT2D eigenvalue weighted by atomic mass is 10.0. The molecular formula is C20H22BrN5O3. The number of nitrogens with zero attached hydrogens (tertiary/aromatic N) is 1. The largest absolute Gasteiger partial charge is 0.383 e. The first-order valence-corrected chi connectivity index (χ1v) is 10.1. The van der Waals surface area contributed by atoms with Gasteiger partial charge in [0.05, 0.1) is 41.7 Å². The van der Waals surface area contributed by atoms with Gasteiger partial charge in [0.25, 0.3) is 5.91 Å². The number of carbonyl (C=O) groups excluding carboxylic acids is 1. The third kappa shape index (κ3) is 4.07. The molecule has 0 saturated carbocycles. The van der Waals surface area contributed by atoms with Gasteiger partial charge < -0.3 is 25.9 Å². The zero-order valence-corrected chi connectivity index (χ0v) is 17.5. The van der Waals surface area contributed by atoms with Crippen LogP contribution in [0.15, 0.2) is 40.7 Å². The van der Waals surface area contributed by atoms with Crippen molar-refractivity contribution in [3.05, 3.63) is 57.3 Å². The van der Waals surface area contributed by atoms with Crippen LogP contribution in [0.3, 0.4) is 0 Å². The number of amides is 1. The Bertz CT molecular complexity index is 1020. The number of nitrogen functional groups attached to an aromatic ring is 1. The first kappa shape index (κ1) is 19.7. The molecule has 0 spiro atoms. The topological polar surface area (TPSA) is 111 Å². The molecule has 1 atom stereocenters. The van der Waals surface area contributed by atoms with E-state index in [9.17, 15) is 4.79 Å². The van der Waals surface area contributed by atoms with Crippen LogP contribution in [-0.4, -0.2) is 30.1 Å². The van der Waals surface area contributed by atoms with E-state index in [4.69, 9.17) is 15.2 Å². The molecule has 0 bridgehead atoms. The van der Waals surface area contributed by atoms with E-state index in [1.807, 2.05) is 31.2 Å². The Morgan fingerprint density at radius 1 is 1.34 bits per heavy atom. The maximum atomic E-state index is 13.0. The van der Waals surface area contributed by atoms with Crippen molar-refractivity contribution in [2.45, 2.75) is 26.2 Å². The number of hydrogen-bond acceptors (Lipinski definition) is 7. The summed E-state index contributed by atoms with van der Waals surface area (Å²) >= 11 is 3.36. The van der Waals surface area contributed by atoms with Crippen LogP contribution in [0, 0.1) is 0 Å². The molecule has 29 heavy (non-hydrogen) atoms. The van der Waals surface area contributed by atoms with Crippen molar-refractivity contribution in [3.8, 4) is 0 Å². The fourth-order valence-electron chi connectivity index (χ4n) is 3.38. The lowest BCUT2D eigenvalue weighted by molar-refractivity contribution is 0.0877. The lowest BCUT2D eigenvalue weighted by Gasteiger charge is -2.25. The Labute approximate surface area is 176 Å². The Morgan fingerprint density at radius 2 is 2.17 bits per heavy atom. The van der Waals surface area contributed by atoms with Gasteiger partial charge in [0.2, 0.25) is 0 Å². The molecule has 1 unspecified atom stereocenters. The van der Waals surface area contributed by atoms with Crippen LogP contribution in [0.4, 0.5) is 5.82 Å². The van der Waals surface area contributed by atoms with Crippen molar-refractivity contribution >= 4 is 38.6 Å². The summed E-state index contributed by atoms with van der Waals surface area (Å²) in [6.45, 7) is 3.75. The van der Waals surface area contributed by atoms with Crippen LogP contribution in [0.25, 0.3) is 10.9 Å². The number of fused-ring (bicyclic) bond motifs is 3. The van der Waals surface area contributed by atoms with Gasteiger partial charge in [-0.25, -0.2) is 4.98 Å². The van der Waals surface area contributed by atoms with E-state index in [1.165, 1.54) is 0 Å². The first-order valence-electron chi connectivity index (χ1n) is 9.33. The maximum Gasteiger partial charge on any atom is 0.251 e. The summed E-state index contributed by atoms with van der Waals surface area (Å²) in [5, 5.41) is 3.93. The number of allylic oxidation sites excluding steroid dienone is 2. The van der Waals surface area contributed by atoms with Gasteiger partial charge in [-0.15, -0.1) is 0 Å².